The molecule has 3 rings (SSSR count). The van der Waals surface area contributed by atoms with Crippen molar-refractivity contribution in [1.82, 2.24) is 9.21 Å². The van der Waals surface area contributed by atoms with E-state index >= 15 is 0 Å². The van der Waals surface area contributed by atoms with Crippen molar-refractivity contribution in [3.63, 3.8) is 0 Å². The van der Waals surface area contributed by atoms with Crippen LogP contribution in [0.25, 0.3) is 10.1 Å². The van der Waals surface area contributed by atoms with Gasteiger partial charge >= 0.3 is 0 Å². The van der Waals surface area contributed by atoms with E-state index in [0.717, 1.165) is 6.26 Å². The molecule has 6 nitrogen and oxygen atoms in total. The van der Waals surface area contributed by atoms with Crippen LogP contribution in [-0.4, -0.2) is 63.1 Å². The van der Waals surface area contributed by atoms with Crippen LogP contribution in [0, 0.1) is 5.82 Å². The fraction of sp³-hybridized carbons (Fsp3) is 0.438. The van der Waals surface area contributed by atoms with E-state index < -0.39 is 10.0 Å². The normalized spacial score (nSPS) is 16.5. The fourth-order valence-corrected chi connectivity index (χ4v) is 5.01. The highest BCUT2D eigenvalue weighted by atomic mass is 32.2. The first-order chi connectivity index (χ1) is 11.8. The molecular weight excluding hydrogens is 367 g/mol. The quantitative estimate of drug-likeness (QED) is 0.805. The Morgan fingerprint density at radius 3 is 2.56 bits per heavy atom. The fourth-order valence-electron chi connectivity index (χ4n) is 2.99. The molecule has 2 heterocycles. The number of piperazine rings is 1. The van der Waals surface area contributed by atoms with Crippen LogP contribution in [0.3, 0.4) is 0 Å². The first-order valence-corrected chi connectivity index (χ1v) is 10.4. The number of fused-ring (bicyclic) bond motifs is 1. The summed E-state index contributed by atoms with van der Waals surface area (Å²) in [4.78, 5) is 15.0. The summed E-state index contributed by atoms with van der Waals surface area (Å²) in [6.45, 7) is 1.31. The highest BCUT2D eigenvalue weighted by Crippen LogP contribution is 2.34. The average Bonchev–Trinajstić information content (AvgIpc) is 2.94. The van der Waals surface area contributed by atoms with Crippen molar-refractivity contribution in [3.8, 4) is 0 Å². The van der Waals surface area contributed by atoms with Gasteiger partial charge in [-0.15, -0.1) is 11.3 Å². The Balaban J connectivity index is 1.90. The van der Waals surface area contributed by atoms with Crippen LogP contribution in [0.5, 0.6) is 0 Å². The van der Waals surface area contributed by atoms with Crippen LogP contribution >= 0.6 is 11.3 Å². The van der Waals surface area contributed by atoms with E-state index in [1.807, 2.05) is 0 Å². The van der Waals surface area contributed by atoms with Gasteiger partial charge in [-0.25, -0.2) is 12.8 Å². The third kappa shape index (κ3) is 3.55. The lowest BCUT2D eigenvalue weighted by Crippen LogP contribution is -2.50. The standard InChI is InChI=1S/C16H19FN2O4S2/c1-23-10-11-14-12(17)4-3-5-13(14)24-15(11)16(20)18-6-8-19(9-7-18)25(2,21)22/h3-5H,6-10H2,1-2H3. The minimum atomic E-state index is -3.25. The molecule has 0 spiro atoms. The van der Waals surface area contributed by atoms with E-state index in [1.54, 1.807) is 17.0 Å². The highest BCUT2D eigenvalue weighted by Gasteiger charge is 2.29. The minimum absolute atomic E-state index is 0.144. The number of nitrogens with zero attached hydrogens (tertiary/aromatic N) is 2. The van der Waals surface area contributed by atoms with Crippen LogP contribution in [-0.2, 0) is 21.4 Å². The number of ether oxygens (including phenoxy) is 1. The van der Waals surface area contributed by atoms with Gasteiger partial charge in [0.2, 0.25) is 10.0 Å². The van der Waals surface area contributed by atoms with Crippen molar-refractivity contribution in [2.24, 2.45) is 0 Å². The number of rotatable bonds is 4. The summed E-state index contributed by atoms with van der Waals surface area (Å²) in [7, 11) is -1.75. The molecule has 1 aromatic heterocycles. The molecule has 1 aliphatic rings. The van der Waals surface area contributed by atoms with Crippen LogP contribution < -0.4 is 0 Å². The number of benzene rings is 1. The summed E-state index contributed by atoms with van der Waals surface area (Å²) < 4.78 is 44.6. The van der Waals surface area contributed by atoms with E-state index in [4.69, 9.17) is 4.74 Å². The molecule has 9 heteroatoms. The average molecular weight is 386 g/mol. The van der Waals surface area contributed by atoms with Crippen molar-refractivity contribution in [2.75, 3.05) is 39.5 Å². The molecule has 1 amide bonds. The highest BCUT2D eigenvalue weighted by molar-refractivity contribution is 7.88. The predicted octanol–water partition coefficient (Wildman–Crippen LogP) is 1.90. The number of hydrogen-bond acceptors (Lipinski definition) is 5. The molecule has 136 valence electrons. The molecule has 0 saturated carbocycles. The second-order valence-corrected chi connectivity index (χ2v) is 8.94. The molecule has 1 aliphatic heterocycles. The predicted molar refractivity (Wildman–Crippen MR) is 94.8 cm³/mol. The molecule has 1 saturated heterocycles. The van der Waals surface area contributed by atoms with Gasteiger partial charge in [0.25, 0.3) is 5.91 Å². The molecule has 0 aliphatic carbocycles. The maximum Gasteiger partial charge on any atom is 0.264 e. The zero-order chi connectivity index (χ0) is 18.2. The third-order valence-electron chi connectivity index (χ3n) is 4.24. The Bertz CT molecular complexity index is 902. The number of hydrogen-bond donors (Lipinski definition) is 0. The smallest absolute Gasteiger partial charge is 0.264 e. The SMILES string of the molecule is COCc1c(C(=O)N2CCN(S(C)(=O)=O)CC2)sc2cccc(F)c12. The number of methoxy groups -OCH3 is 1. The minimum Gasteiger partial charge on any atom is -0.380 e. The van der Waals surface area contributed by atoms with Crippen LogP contribution in [0.15, 0.2) is 18.2 Å². The van der Waals surface area contributed by atoms with Crippen molar-refractivity contribution >= 4 is 37.4 Å². The monoisotopic (exact) mass is 386 g/mol. The summed E-state index contributed by atoms with van der Waals surface area (Å²) in [5.41, 5.74) is 0.552. The Morgan fingerprint density at radius 1 is 1.28 bits per heavy atom. The van der Waals surface area contributed by atoms with Gasteiger partial charge in [0.1, 0.15) is 5.82 Å². The lowest BCUT2D eigenvalue weighted by atomic mass is 10.1. The molecule has 2 aromatic rings. The summed E-state index contributed by atoms with van der Waals surface area (Å²) in [5.74, 6) is -0.581. The maximum atomic E-state index is 14.2. The summed E-state index contributed by atoms with van der Waals surface area (Å²) >= 11 is 1.24. The Labute approximate surface area is 149 Å². The van der Waals surface area contributed by atoms with Gasteiger partial charge in [-0.1, -0.05) is 6.07 Å². The topological polar surface area (TPSA) is 66.9 Å². The van der Waals surface area contributed by atoms with E-state index in [2.05, 4.69) is 0 Å². The first kappa shape index (κ1) is 18.2. The van der Waals surface area contributed by atoms with Gasteiger partial charge in [-0.2, -0.15) is 4.31 Å². The number of sulfonamides is 1. The zero-order valence-corrected chi connectivity index (χ0v) is 15.6. The lowest BCUT2D eigenvalue weighted by molar-refractivity contribution is 0.0699. The maximum absolute atomic E-state index is 14.2. The van der Waals surface area contributed by atoms with Crippen LogP contribution in [0.2, 0.25) is 0 Å². The van der Waals surface area contributed by atoms with Gasteiger partial charge in [0.05, 0.1) is 17.7 Å². The van der Waals surface area contributed by atoms with Gasteiger partial charge < -0.3 is 9.64 Å². The molecule has 0 atom stereocenters. The summed E-state index contributed by atoms with van der Waals surface area (Å²) in [6, 6.07) is 4.76. The summed E-state index contributed by atoms with van der Waals surface area (Å²) in [6.07, 6.45) is 1.16. The molecule has 0 N–H and O–H groups in total. The lowest BCUT2D eigenvalue weighted by Gasteiger charge is -2.33. The van der Waals surface area contributed by atoms with Gasteiger partial charge in [0.15, 0.2) is 0 Å². The first-order valence-electron chi connectivity index (χ1n) is 7.76. The van der Waals surface area contributed by atoms with E-state index in [1.165, 1.54) is 28.8 Å². The van der Waals surface area contributed by atoms with Crippen LogP contribution in [0.4, 0.5) is 4.39 Å². The largest absolute Gasteiger partial charge is 0.380 e. The molecular formula is C16H19FN2O4S2. The van der Waals surface area contributed by atoms with E-state index in [-0.39, 0.29) is 31.4 Å². The number of amides is 1. The summed E-state index contributed by atoms with van der Waals surface area (Å²) in [5, 5.41) is 0.424. The molecule has 1 fully saturated rings. The second kappa shape index (κ2) is 6.99. The Morgan fingerprint density at radius 2 is 1.96 bits per heavy atom. The number of thiophene rings is 1. The Hall–Kier alpha value is -1.55. The van der Waals surface area contributed by atoms with Crippen molar-refractivity contribution in [3.05, 3.63) is 34.5 Å². The van der Waals surface area contributed by atoms with Crippen molar-refractivity contribution < 1.29 is 22.3 Å². The molecule has 25 heavy (non-hydrogen) atoms. The molecule has 0 bridgehead atoms. The zero-order valence-electron chi connectivity index (χ0n) is 14.0. The molecule has 0 unspecified atom stereocenters. The number of halogens is 1. The molecule has 0 radical (unpaired) electrons. The third-order valence-corrected chi connectivity index (χ3v) is 6.73. The molecule has 1 aromatic carbocycles. The van der Waals surface area contributed by atoms with Gasteiger partial charge in [-0.05, 0) is 12.1 Å². The van der Waals surface area contributed by atoms with Gasteiger partial charge in [0, 0.05) is 48.9 Å². The number of carbonyl (C=O) groups is 1. The number of carbonyl (C=O) groups excluding carboxylic acids is 1. The van der Waals surface area contributed by atoms with E-state index in [0.29, 0.717) is 33.6 Å². The van der Waals surface area contributed by atoms with E-state index in [9.17, 15) is 17.6 Å². The van der Waals surface area contributed by atoms with Crippen LogP contribution in [0.1, 0.15) is 15.2 Å². The van der Waals surface area contributed by atoms with Crippen molar-refractivity contribution in [1.29, 1.82) is 0 Å². The second-order valence-electron chi connectivity index (χ2n) is 5.91. The van der Waals surface area contributed by atoms with Gasteiger partial charge in [-0.3, -0.25) is 4.79 Å². The van der Waals surface area contributed by atoms with Crippen molar-refractivity contribution in [2.45, 2.75) is 6.61 Å². The Kier molecular flexibility index (Phi) is 5.10.